The van der Waals surface area contributed by atoms with E-state index in [9.17, 15) is 0 Å². The van der Waals surface area contributed by atoms with Gasteiger partial charge in [-0.15, -0.1) is 0 Å². The molecule has 1 aliphatic heterocycles. The summed E-state index contributed by atoms with van der Waals surface area (Å²) in [6.45, 7) is 3.66. The molecule has 0 aliphatic carbocycles. The third-order valence-corrected chi connectivity index (χ3v) is 2.92. The lowest BCUT2D eigenvalue weighted by Gasteiger charge is -2.24. The van der Waals surface area contributed by atoms with Crippen LogP contribution < -0.4 is 0 Å². The molecule has 2 rings (SSSR count). The Kier molecular flexibility index (Phi) is 3.98. The van der Waals surface area contributed by atoms with Crippen molar-refractivity contribution < 1.29 is 0 Å². The van der Waals surface area contributed by atoms with E-state index in [2.05, 4.69) is 47.4 Å². The summed E-state index contributed by atoms with van der Waals surface area (Å²) >= 11 is 0. The van der Waals surface area contributed by atoms with Crippen molar-refractivity contribution in [2.75, 3.05) is 19.6 Å². The van der Waals surface area contributed by atoms with Gasteiger partial charge in [0.25, 0.3) is 0 Å². The molecule has 0 amide bonds. The van der Waals surface area contributed by atoms with Gasteiger partial charge < -0.3 is 0 Å². The number of likely N-dealkylation sites (tertiary alicyclic amines) is 1. The average Bonchev–Trinajstić information content (AvgIpc) is 2.32. The van der Waals surface area contributed by atoms with Gasteiger partial charge in [0.05, 0.1) is 0 Å². The summed E-state index contributed by atoms with van der Waals surface area (Å²) in [7, 11) is 0. The normalized spacial score (nSPS) is 18.4. The van der Waals surface area contributed by atoms with Crippen LogP contribution in [0.1, 0.15) is 24.8 Å². The number of piperidine rings is 1. The van der Waals surface area contributed by atoms with Crippen LogP contribution in [0.2, 0.25) is 0 Å². The first-order chi connectivity index (χ1) is 7.45. The molecule has 0 bridgehead atoms. The molecule has 80 valence electrons. The Hall–Kier alpha value is -1.08. The van der Waals surface area contributed by atoms with E-state index in [4.69, 9.17) is 0 Å². The molecule has 15 heavy (non-hydrogen) atoms. The number of nitrogens with zero attached hydrogens (tertiary/aromatic N) is 1. The molecule has 0 unspecified atom stereocenters. The van der Waals surface area contributed by atoms with Crippen molar-refractivity contribution in [3.05, 3.63) is 42.0 Å². The molecule has 1 aromatic rings. The van der Waals surface area contributed by atoms with Gasteiger partial charge in [-0.3, -0.25) is 4.90 Å². The minimum absolute atomic E-state index is 1.11. The number of rotatable bonds is 3. The highest BCUT2D eigenvalue weighted by Crippen LogP contribution is 2.08. The summed E-state index contributed by atoms with van der Waals surface area (Å²) in [5, 5.41) is 0. The summed E-state index contributed by atoms with van der Waals surface area (Å²) in [5.41, 5.74) is 1.30. The zero-order valence-electron chi connectivity index (χ0n) is 9.23. The van der Waals surface area contributed by atoms with E-state index in [1.54, 1.807) is 0 Å². The fourth-order valence-electron chi connectivity index (χ4n) is 2.04. The van der Waals surface area contributed by atoms with Crippen molar-refractivity contribution >= 4 is 6.08 Å². The fourth-order valence-corrected chi connectivity index (χ4v) is 2.04. The molecule has 1 aromatic carbocycles. The average molecular weight is 201 g/mol. The Balaban J connectivity index is 1.79. The lowest BCUT2D eigenvalue weighted by molar-refractivity contribution is 0.252. The van der Waals surface area contributed by atoms with Crippen molar-refractivity contribution in [1.29, 1.82) is 0 Å². The van der Waals surface area contributed by atoms with E-state index in [1.165, 1.54) is 37.9 Å². The van der Waals surface area contributed by atoms with Gasteiger partial charge in [-0.05, 0) is 31.5 Å². The maximum Gasteiger partial charge on any atom is 0.0166 e. The van der Waals surface area contributed by atoms with E-state index in [0.29, 0.717) is 0 Å². The minimum atomic E-state index is 1.11. The van der Waals surface area contributed by atoms with Crippen LogP contribution in [0.25, 0.3) is 6.08 Å². The molecular formula is C14H19N. The third kappa shape index (κ3) is 3.52. The monoisotopic (exact) mass is 201 g/mol. The molecule has 0 radical (unpaired) electrons. The van der Waals surface area contributed by atoms with Crippen molar-refractivity contribution in [3.8, 4) is 0 Å². The van der Waals surface area contributed by atoms with Crippen LogP contribution in [0.3, 0.4) is 0 Å². The highest BCUT2D eigenvalue weighted by Gasteiger charge is 2.06. The van der Waals surface area contributed by atoms with Gasteiger partial charge >= 0.3 is 0 Å². The van der Waals surface area contributed by atoms with E-state index in [-0.39, 0.29) is 0 Å². The second kappa shape index (κ2) is 5.72. The van der Waals surface area contributed by atoms with Gasteiger partial charge in [0.2, 0.25) is 0 Å². The SMILES string of the molecule is C(=C/c1ccccc1)/CN1CCCCC1. The quantitative estimate of drug-likeness (QED) is 0.726. The Morgan fingerprint density at radius 3 is 2.47 bits per heavy atom. The summed E-state index contributed by atoms with van der Waals surface area (Å²) in [6.07, 6.45) is 8.66. The van der Waals surface area contributed by atoms with Gasteiger partial charge in [0.15, 0.2) is 0 Å². The Morgan fingerprint density at radius 1 is 1.00 bits per heavy atom. The highest BCUT2D eigenvalue weighted by molar-refractivity contribution is 5.48. The molecule has 1 fully saturated rings. The first kappa shape index (κ1) is 10.4. The predicted octanol–water partition coefficient (Wildman–Crippen LogP) is 3.19. The number of hydrogen-bond acceptors (Lipinski definition) is 1. The molecule has 1 nitrogen and oxygen atoms in total. The van der Waals surface area contributed by atoms with Crippen LogP contribution in [0.4, 0.5) is 0 Å². The van der Waals surface area contributed by atoms with E-state index < -0.39 is 0 Å². The molecule has 1 saturated heterocycles. The van der Waals surface area contributed by atoms with Gasteiger partial charge in [-0.25, -0.2) is 0 Å². The van der Waals surface area contributed by atoms with Gasteiger partial charge in [0, 0.05) is 6.54 Å². The molecule has 0 aromatic heterocycles. The van der Waals surface area contributed by atoms with E-state index in [1.807, 2.05) is 0 Å². The molecule has 0 atom stereocenters. The van der Waals surface area contributed by atoms with E-state index in [0.717, 1.165) is 6.54 Å². The summed E-state index contributed by atoms with van der Waals surface area (Å²) in [4.78, 5) is 2.53. The van der Waals surface area contributed by atoms with Gasteiger partial charge in [-0.1, -0.05) is 48.9 Å². The largest absolute Gasteiger partial charge is 0.300 e. The Labute approximate surface area is 92.4 Å². The van der Waals surface area contributed by atoms with Crippen molar-refractivity contribution in [2.24, 2.45) is 0 Å². The van der Waals surface area contributed by atoms with E-state index >= 15 is 0 Å². The predicted molar refractivity (Wildman–Crippen MR) is 65.8 cm³/mol. The molecule has 1 heteroatoms. The van der Waals surface area contributed by atoms with Crippen molar-refractivity contribution in [3.63, 3.8) is 0 Å². The topological polar surface area (TPSA) is 3.24 Å². The lowest BCUT2D eigenvalue weighted by atomic mass is 10.1. The van der Waals surface area contributed by atoms with Crippen LogP contribution >= 0.6 is 0 Å². The Morgan fingerprint density at radius 2 is 1.73 bits per heavy atom. The number of benzene rings is 1. The maximum atomic E-state index is 2.53. The molecular weight excluding hydrogens is 182 g/mol. The second-order valence-corrected chi connectivity index (χ2v) is 4.17. The number of hydrogen-bond donors (Lipinski definition) is 0. The Bertz CT molecular complexity index is 296. The first-order valence-corrected chi connectivity index (χ1v) is 5.89. The van der Waals surface area contributed by atoms with Gasteiger partial charge in [0.1, 0.15) is 0 Å². The highest BCUT2D eigenvalue weighted by atomic mass is 15.1. The molecule has 0 spiro atoms. The standard InChI is InChI=1S/C14H19N/c1-3-8-14(9-4-1)10-7-13-15-11-5-2-6-12-15/h1,3-4,7-10H,2,5-6,11-13H2/b10-7-. The third-order valence-electron chi connectivity index (χ3n) is 2.92. The second-order valence-electron chi connectivity index (χ2n) is 4.17. The molecule has 0 N–H and O–H groups in total. The smallest absolute Gasteiger partial charge is 0.0166 e. The lowest BCUT2D eigenvalue weighted by Crippen LogP contribution is -2.29. The van der Waals surface area contributed by atoms with Crippen molar-refractivity contribution in [1.82, 2.24) is 4.90 Å². The summed E-state index contributed by atoms with van der Waals surface area (Å²) in [6, 6.07) is 10.5. The van der Waals surface area contributed by atoms with Crippen LogP contribution in [-0.4, -0.2) is 24.5 Å². The van der Waals surface area contributed by atoms with Gasteiger partial charge in [-0.2, -0.15) is 0 Å². The fraction of sp³-hybridized carbons (Fsp3) is 0.429. The first-order valence-electron chi connectivity index (χ1n) is 5.89. The molecule has 1 aliphatic rings. The van der Waals surface area contributed by atoms with Crippen LogP contribution in [0, 0.1) is 0 Å². The zero-order chi connectivity index (χ0) is 10.3. The summed E-state index contributed by atoms with van der Waals surface area (Å²) < 4.78 is 0. The summed E-state index contributed by atoms with van der Waals surface area (Å²) in [5.74, 6) is 0. The zero-order valence-corrected chi connectivity index (χ0v) is 9.23. The molecule has 0 saturated carbocycles. The minimum Gasteiger partial charge on any atom is -0.300 e. The van der Waals surface area contributed by atoms with Crippen LogP contribution in [-0.2, 0) is 0 Å². The van der Waals surface area contributed by atoms with Crippen LogP contribution in [0.5, 0.6) is 0 Å². The van der Waals surface area contributed by atoms with Crippen LogP contribution in [0.15, 0.2) is 36.4 Å². The molecule has 1 heterocycles. The van der Waals surface area contributed by atoms with Crippen molar-refractivity contribution in [2.45, 2.75) is 19.3 Å². The maximum absolute atomic E-state index is 2.53.